The molecular weight excluding hydrogens is 424 g/mol. The summed E-state index contributed by atoms with van der Waals surface area (Å²) >= 11 is 0. The van der Waals surface area contributed by atoms with Crippen LogP contribution < -0.4 is 10.0 Å². The topological polar surface area (TPSA) is 81.7 Å². The van der Waals surface area contributed by atoms with Gasteiger partial charge < -0.3 is 15.1 Å². The Morgan fingerprint density at radius 2 is 1.62 bits per heavy atom. The van der Waals surface area contributed by atoms with Crippen molar-refractivity contribution in [3.05, 3.63) is 58.7 Å². The highest BCUT2D eigenvalue weighted by Crippen LogP contribution is 2.22. The fourth-order valence-electron chi connectivity index (χ4n) is 3.95. The van der Waals surface area contributed by atoms with Crippen LogP contribution in [0.4, 0.5) is 5.69 Å². The number of aryl methyl sites for hydroxylation is 3. The summed E-state index contributed by atoms with van der Waals surface area (Å²) in [6.45, 7) is 11.3. The molecule has 0 saturated carbocycles. The number of nitrogens with one attached hydrogen (secondary N) is 2. The summed E-state index contributed by atoms with van der Waals surface area (Å²) in [4.78, 5) is 17.5. The number of benzene rings is 2. The van der Waals surface area contributed by atoms with Crippen LogP contribution in [0.25, 0.3) is 0 Å². The van der Waals surface area contributed by atoms with Crippen LogP contribution in [0.2, 0.25) is 0 Å². The van der Waals surface area contributed by atoms with E-state index in [1.165, 1.54) is 6.07 Å². The number of carbonyl (C=O) groups is 1. The van der Waals surface area contributed by atoms with Crippen molar-refractivity contribution in [1.29, 1.82) is 0 Å². The summed E-state index contributed by atoms with van der Waals surface area (Å²) in [5, 5.41) is 2.92. The molecule has 0 spiro atoms. The Labute approximate surface area is 191 Å². The van der Waals surface area contributed by atoms with E-state index in [4.69, 9.17) is 0 Å². The maximum Gasteiger partial charge on any atom is 0.262 e. The van der Waals surface area contributed by atoms with E-state index in [1.807, 2.05) is 19.9 Å². The number of amides is 1. The predicted octanol–water partition coefficient (Wildman–Crippen LogP) is 2.78. The second kappa shape index (κ2) is 10.5. The van der Waals surface area contributed by atoms with Crippen LogP contribution in [0.3, 0.4) is 0 Å². The van der Waals surface area contributed by atoms with Crippen LogP contribution in [0.1, 0.15) is 33.5 Å². The molecule has 0 unspecified atom stereocenters. The van der Waals surface area contributed by atoms with Crippen molar-refractivity contribution < 1.29 is 13.2 Å². The van der Waals surface area contributed by atoms with Crippen molar-refractivity contribution in [3.8, 4) is 0 Å². The second-order valence-electron chi connectivity index (χ2n) is 8.72. The minimum absolute atomic E-state index is 0.113. The number of nitrogens with zero attached hydrogens (tertiary/aromatic N) is 2. The molecule has 0 bridgehead atoms. The highest BCUT2D eigenvalue weighted by atomic mass is 32.2. The molecule has 0 atom stereocenters. The van der Waals surface area contributed by atoms with Crippen molar-refractivity contribution in [2.24, 2.45) is 0 Å². The van der Waals surface area contributed by atoms with Gasteiger partial charge in [-0.25, -0.2) is 8.42 Å². The lowest BCUT2D eigenvalue weighted by Gasteiger charge is -2.32. The molecule has 174 valence electrons. The van der Waals surface area contributed by atoms with Gasteiger partial charge in [-0.1, -0.05) is 12.1 Å². The number of carbonyl (C=O) groups excluding carboxylic acids is 1. The molecular formula is C24H34N4O3S. The number of anilines is 1. The van der Waals surface area contributed by atoms with Gasteiger partial charge in [0, 0.05) is 44.0 Å². The van der Waals surface area contributed by atoms with E-state index in [1.54, 1.807) is 31.2 Å². The Morgan fingerprint density at radius 1 is 0.969 bits per heavy atom. The summed E-state index contributed by atoms with van der Waals surface area (Å²) in [6, 6.07) is 10.4. The van der Waals surface area contributed by atoms with E-state index < -0.39 is 10.0 Å². The zero-order valence-electron chi connectivity index (χ0n) is 19.4. The van der Waals surface area contributed by atoms with E-state index >= 15 is 0 Å². The Bertz CT molecular complexity index is 1040. The molecule has 2 aromatic rings. The summed E-state index contributed by atoms with van der Waals surface area (Å²) < 4.78 is 28.7. The first-order valence-corrected chi connectivity index (χ1v) is 12.5. The third-order valence-electron chi connectivity index (χ3n) is 5.75. The maximum absolute atomic E-state index is 13.0. The van der Waals surface area contributed by atoms with E-state index in [9.17, 15) is 13.2 Å². The van der Waals surface area contributed by atoms with Crippen molar-refractivity contribution in [3.63, 3.8) is 0 Å². The number of piperazine rings is 1. The molecule has 1 aliphatic rings. The first-order valence-electron chi connectivity index (χ1n) is 11.0. The van der Waals surface area contributed by atoms with Gasteiger partial charge in [0.1, 0.15) is 0 Å². The maximum atomic E-state index is 13.0. The Hall–Kier alpha value is -2.42. The molecule has 0 radical (unpaired) electrons. The molecule has 1 fully saturated rings. The number of rotatable bonds is 8. The normalized spacial score (nSPS) is 15.5. The first kappa shape index (κ1) is 24.2. The molecule has 7 nitrogen and oxygen atoms in total. The second-order valence-corrected chi connectivity index (χ2v) is 10.4. The summed E-state index contributed by atoms with van der Waals surface area (Å²) in [5.41, 5.74) is 3.40. The SMILES string of the molecule is Cc1cc(C)cc(NS(=O)(=O)c2cc(C(=O)NCCCN3CCN(C)CC3)ccc2C)c1. The van der Waals surface area contributed by atoms with Crippen LogP contribution in [0, 0.1) is 20.8 Å². The number of sulfonamides is 1. The lowest BCUT2D eigenvalue weighted by molar-refractivity contribution is 0.0949. The zero-order chi connectivity index (χ0) is 23.3. The third-order valence-corrected chi connectivity index (χ3v) is 7.27. The minimum atomic E-state index is -3.82. The van der Waals surface area contributed by atoms with Crippen LogP contribution in [-0.2, 0) is 10.0 Å². The van der Waals surface area contributed by atoms with Gasteiger partial charge in [-0.2, -0.15) is 0 Å². The summed E-state index contributed by atoms with van der Waals surface area (Å²) in [6.07, 6.45) is 0.862. The molecule has 1 saturated heterocycles. The molecule has 1 aliphatic heterocycles. The van der Waals surface area contributed by atoms with Gasteiger partial charge in [-0.3, -0.25) is 9.52 Å². The van der Waals surface area contributed by atoms with Crippen LogP contribution in [0.5, 0.6) is 0 Å². The predicted molar refractivity (Wildman–Crippen MR) is 129 cm³/mol. The standard InChI is InChI=1S/C24H34N4O3S/c1-18-14-19(2)16-22(15-18)26-32(30,31)23-17-21(7-6-20(23)3)24(29)25-8-5-9-28-12-10-27(4)11-13-28/h6-7,14-17,26H,5,8-13H2,1-4H3,(H,25,29). The minimum Gasteiger partial charge on any atom is -0.352 e. The van der Waals surface area contributed by atoms with Gasteiger partial charge in [0.05, 0.1) is 4.90 Å². The summed E-state index contributed by atoms with van der Waals surface area (Å²) in [7, 11) is -1.69. The number of hydrogen-bond acceptors (Lipinski definition) is 5. The van der Waals surface area contributed by atoms with Crippen LogP contribution in [-0.4, -0.2) is 70.4 Å². The smallest absolute Gasteiger partial charge is 0.262 e. The molecule has 2 aromatic carbocycles. The molecule has 1 amide bonds. The van der Waals surface area contributed by atoms with E-state index in [0.717, 1.165) is 50.3 Å². The molecule has 3 rings (SSSR count). The van der Waals surface area contributed by atoms with E-state index in [0.29, 0.717) is 23.4 Å². The monoisotopic (exact) mass is 458 g/mol. The fraction of sp³-hybridized carbons (Fsp3) is 0.458. The molecule has 32 heavy (non-hydrogen) atoms. The van der Waals surface area contributed by atoms with Gasteiger partial charge in [-0.05, 0) is 81.7 Å². The van der Waals surface area contributed by atoms with Gasteiger partial charge in [-0.15, -0.1) is 0 Å². The number of hydrogen-bond donors (Lipinski definition) is 2. The van der Waals surface area contributed by atoms with Crippen molar-refractivity contribution in [2.75, 3.05) is 51.0 Å². The number of likely N-dealkylation sites (N-methyl/N-ethyl adjacent to an activating group) is 1. The zero-order valence-corrected chi connectivity index (χ0v) is 20.3. The van der Waals surface area contributed by atoms with Crippen molar-refractivity contribution in [2.45, 2.75) is 32.1 Å². The molecule has 1 heterocycles. The lowest BCUT2D eigenvalue weighted by Crippen LogP contribution is -2.45. The highest BCUT2D eigenvalue weighted by Gasteiger charge is 2.20. The largest absolute Gasteiger partial charge is 0.352 e. The van der Waals surface area contributed by atoms with Gasteiger partial charge in [0.15, 0.2) is 0 Å². The molecule has 2 N–H and O–H groups in total. The van der Waals surface area contributed by atoms with Crippen molar-refractivity contribution in [1.82, 2.24) is 15.1 Å². The van der Waals surface area contributed by atoms with Crippen LogP contribution in [0.15, 0.2) is 41.3 Å². The third kappa shape index (κ3) is 6.54. The molecule has 0 aliphatic carbocycles. The van der Waals surface area contributed by atoms with E-state index in [2.05, 4.69) is 26.9 Å². The van der Waals surface area contributed by atoms with Gasteiger partial charge in [0.2, 0.25) is 0 Å². The quantitative estimate of drug-likeness (QED) is 0.595. The lowest BCUT2D eigenvalue weighted by atomic mass is 10.1. The first-order chi connectivity index (χ1) is 15.1. The average molecular weight is 459 g/mol. The summed E-state index contributed by atoms with van der Waals surface area (Å²) in [5.74, 6) is -0.258. The van der Waals surface area contributed by atoms with Gasteiger partial charge >= 0.3 is 0 Å². The Kier molecular flexibility index (Phi) is 7.92. The average Bonchev–Trinajstić information content (AvgIpc) is 2.71. The highest BCUT2D eigenvalue weighted by molar-refractivity contribution is 7.92. The Morgan fingerprint density at radius 3 is 2.28 bits per heavy atom. The molecule has 0 aromatic heterocycles. The van der Waals surface area contributed by atoms with Crippen LogP contribution >= 0.6 is 0 Å². The van der Waals surface area contributed by atoms with Crippen molar-refractivity contribution >= 4 is 21.6 Å². The van der Waals surface area contributed by atoms with E-state index in [-0.39, 0.29) is 10.8 Å². The molecule has 8 heteroatoms. The Balaban J connectivity index is 1.62. The fourth-order valence-corrected chi connectivity index (χ4v) is 5.26. The van der Waals surface area contributed by atoms with Gasteiger partial charge in [0.25, 0.3) is 15.9 Å².